The van der Waals surface area contributed by atoms with Crippen LogP contribution in [0, 0.1) is 11.8 Å². The van der Waals surface area contributed by atoms with Gasteiger partial charge in [0.15, 0.2) is 0 Å². The van der Waals surface area contributed by atoms with Crippen LogP contribution in [0.15, 0.2) is 0 Å². The van der Waals surface area contributed by atoms with E-state index in [-0.39, 0.29) is 0 Å². The smallest absolute Gasteiger partial charge is 0.0309 e. The number of hydrogen-bond acceptors (Lipinski definition) is 3. The van der Waals surface area contributed by atoms with E-state index in [2.05, 4.69) is 42.8 Å². The van der Waals surface area contributed by atoms with Gasteiger partial charge in [-0.05, 0) is 64.8 Å². The molecule has 3 rings (SSSR count). The summed E-state index contributed by atoms with van der Waals surface area (Å²) in [4.78, 5) is 5.50. The first-order valence-electron chi connectivity index (χ1n) is 9.25. The van der Waals surface area contributed by atoms with Crippen molar-refractivity contribution >= 4 is 0 Å². The van der Waals surface area contributed by atoms with Gasteiger partial charge in [0.2, 0.25) is 0 Å². The Hall–Kier alpha value is -0.120. The Morgan fingerprint density at radius 3 is 2.57 bits per heavy atom. The highest BCUT2D eigenvalue weighted by molar-refractivity contribution is 5.04. The second-order valence-electron chi connectivity index (χ2n) is 8.31. The maximum atomic E-state index is 3.89. The van der Waals surface area contributed by atoms with Crippen LogP contribution in [0.5, 0.6) is 0 Å². The third kappa shape index (κ3) is 3.46. The van der Waals surface area contributed by atoms with Crippen molar-refractivity contribution in [3.05, 3.63) is 0 Å². The van der Waals surface area contributed by atoms with Crippen LogP contribution in [0.25, 0.3) is 0 Å². The minimum Gasteiger partial charge on any atom is -0.308 e. The highest BCUT2D eigenvalue weighted by atomic mass is 15.3. The zero-order chi connectivity index (χ0) is 15.0. The Morgan fingerprint density at radius 2 is 2.00 bits per heavy atom. The van der Waals surface area contributed by atoms with E-state index in [1.54, 1.807) is 0 Å². The molecule has 1 N–H and O–H groups in total. The van der Waals surface area contributed by atoms with Crippen molar-refractivity contribution < 1.29 is 0 Å². The van der Waals surface area contributed by atoms with Crippen molar-refractivity contribution in [1.29, 1.82) is 0 Å². The molecule has 3 fully saturated rings. The number of nitrogens with zero attached hydrogens (tertiary/aromatic N) is 2. The minimum atomic E-state index is 0.391. The predicted octanol–water partition coefficient (Wildman–Crippen LogP) is 2.57. The first-order valence-corrected chi connectivity index (χ1v) is 9.25. The van der Waals surface area contributed by atoms with Gasteiger partial charge in [-0.25, -0.2) is 0 Å². The fraction of sp³-hybridized carbons (Fsp3) is 1.00. The van der Waals surface area contributed by atoms with E-state index in [1.165, 1.54) is 58.4 Å². The summed E-state index contributed by atoms with van der Waals surface area (Å²) in [5.41, 5.74) is 0.391. The first-order chi connectivity index (χ1) is 10.0. The molecule has 0 radical (unpaired) electrons. The van der Waals surface area contributed by atoms with Crippen LogP contribution in [0.3, 0.4) is 0 Å². The molecule has 122 valence electrons. The van der Waals surface area contributed by atoms with Gasteiger partial charge in [0.25, 0.3) is 0 Å². The van der Waals surface area contributed by atoms with Crippen LogP contribution in [-0.4, -0.2) is 60.1 Å². The maximum Gasteiger partial charge on any atom is 0.0309 e. The van der Waals surface area contributed by atoms with Gasteiger partial charge in [-0.3, -0.25) is 4.90 Å². The van der Waals surface area contributed by atoms with E-state index in [9.17, 15) is 0 Å². The van der Waals surface area contributed by atoms with Gasteiger partial charge in [-0.2, -0.15) is 0 Å². The van der Waals surface area contributed by atoms with E-state index < -0.39 is 0 Å². The molecular formula is C18H35N3. The lowest BCUT2D eigenvalue weighted by Crippen LogP contribution is -2.64. The molecule has 0 aromatic carbocycles. The standard InChI is InChI=1S/C18H35N3/c1-5-17-10-19-18(4,16-6-7-16)13-21(17)12-15-8-9-20(11-15)14(2)3/h14-17,19H,5-13H2,1-4H3. The van der Waals surface area contributed by atoms with Gasteiger partial charge in [-0.15, -0.1) is 0 Å². The molecule has 2 heterocycles. The van der Waals surface area contributed by atoms with E-state index in [0.717, 1.165) is 23.9 Å². The Labute approximate surface area is 131 Å². The summed E-state index contributed by atoms with van der Waals surface area (Å²) in [6, 6.07) is 1.47. The van der Waals surface area contributed by atoms with Gasteiger partial charge in [0.05, 0.1) is 0 Å². The average molecular weight is 293 g/mol. The highest BCUT2D eigenvalue weighted by Crippen LogP contribution is 2.41. The number of likely N-dealkylation sites (tertiary alicyclic amines) is 1. The molecule has 3 aliphatic rings. The monoisotopic (exact) mass is 293 g/mol. The van der Waals surface area contributed by atoms with E-state index in [0.29, 0.717) is 5.54 Å². The molecule has 2 saturated heterocycles. The van der Waals surface area contributed by atoms with Crippen molar-refractivity contribution in [3.8, 4) is 0 Å². The lowest BCUT2D eigenvalue weighted by molar-refractivity contribution is 0.0596. The summed E-state index contributed by atoms with van der Waals surface area (Å²) in [5.74, 6) is 1.83. The Bertz CT molecular complexity index is 352. The molecule has 0 aromatic rings. The van der Waals surface area contributed by atoms with Crippen molar-refractivity contribution in [3.63, 3.8) is 0 Å². The summed E-state index contributed by atoms with van der Waals surface area (Å²) in [7, 11) is 0. The second kappa shape index (κ2) is 6.17. The number of hydrogen-bond donors (Lipinski definition) is 1. The molecule has 3 atom stereocenters. The van der Waals surface area contributed by atoms with Gasteiger partial charge >= 0.3 is 0 Å². The van der Waals surface area contributed by atoms with Crippen LogP contribution >= 0.6 is 0 Å². The minimum absolute atomic E-state index is 0.391. The van der Waals surface area contributed by atoms with Crippen LogP contribution in [0.2, 0.25) is 0 Å². The summed E-state index contributed by atoms with van der Waals surface area (Å²) in [6.45, 7) is 15.9. The van der Waals surface area contributed by atoms with Gasteiger partial charge in [0.1, 0.15) is 0 Å². The summed E-state index contributed by atoms with van der Waals surface area (Å²) in [6.07, 6.45) is 5.57. The molecule has 21 heavy (non-hydrogen) atoms. The Balaban J connectivity index is 1.59. The number of nitrogens with one attached hydrogen (secondary N) is 1. The molecule has 0 spiro atoms. The molecule has 0 bridgehead atoms. The molecule has 3 heteroatoms. The van der Waals surface area contributed by atoms with Crippen LogP contribution in [0.1, 0.15) is 53.4 Å². The molecule has 2 aliphatic heterocycles. The van der Waals surface area contributed by atoms with E-state index in [4.69, 9.17) is 0 Å². The quantitative estimate of drug-likeness (QED) is 0.840. The summed E-state index contributed by atoms with van der Waals surface area (Å²) < 4.78 is 0. The molecule has 1 aliphatic carbocycles. The fourth-order valence-corrected chi connectivity index (χ4v) is 4.51. The van der Waals surface area contributed by atoms with E-state index in [1.807, 2.05) is 0 Å². The molecule has 3 unspecified atom stereocenters. The first kappa shape index (κ1) is 15.8. The predicted molar refractivity (Wildman–Crippen MR) is 89.6 cm³/mol. The maximum absolute atomic E-state index is 3.89. The number of piperazine rings is 1. The normalized spacial score (nSPS) is 39.3. The summed E-state index contributed by atoms with van der Waals surface area (Å²) >= 11 is 0. The lowest BCUT2D eigenvalue weighted by atomic mass is 9.89. The highest BCUT2D eigenvalue weighted by Gasteiger charge is 2.46. The zero-order valence-corrected chi connectivity index (χ0v) is 14.6. The Morgan fingerprint density at radius 1 is 1.24 bits per heavy atom. The molecule has 0 aromatic heterocycles. The Kier molecular flexibility index (Phi) is 4.63. The molecular weight excluding hydrogens is 258 g/mol. The number of rotatable bonds is 5. The second-order valence-corrected chi connectivity index (χ2v) is 8.31. The summed E-state index contributed by atoms with van der Waals surface area (Å²) in [5, 5.41) is 3.89. The molecule has 3 nitrogen and oxygen atoms in total. The van der Waals surface area contributed by atoms with Gasteiger partial charge in [-0.1, -0.05) is 6.92 Å². The average Bonchev–Trinajstić information content (AvgIpc) is 3.20. The third-order valence-corrected chi connectivity index (χ3v) is 6.28. The van der Waals surface area contributed by atoms with Crippen molar-refractivity contribution in [1.82, 2.24) is 15.1 Å². The van der Waals surface area contributed by atoms with Crippen molar-refractivity contribution in [2.75, 3.05) is 32.7 Å². The fourth-order valence-electron chi connectivity index (χ4n) is 4.51. The topological polar surface area (TPSA) is 18.5 Å². The largest absolute Gasteiger partial charge is 0.308 e. The zero-order valence-electron chi connectivity index (χ0n) is 14.6. The van der Waals surface area contributed by atoms with Crippen LogP contribution in [0.4, 0.5) is 0 Å². The van der Waals surface area contributed by atoms with Gasteiger partial charge < -0.3 is 10.2 Å². The van der Waals surface area contributed by atoms with Gasteiger partial charge in [0, 0.05) is 43.8 Å². The molecule has 0 amide bonds. The van der Waals surface area contributed by atoms with Crippen LogP contribution in [-0.2, 0) is 0 Å². The van der Waals surface area contributed by atoms with Crippen molar-refractivity contribution in [2.24, 2.45) is 11.8 Å². The lowest BCUT2D eigenvalue weighted by Gasteiger charge is -2.47. The SMILES string of the molecule is CCC1CNC(C)(C2CC2)CN1CC1CCN(C(C)C)C1. The van der Waals surface area contributed by atoms with Crippen LogP contribution < -0.4 is 5.32 Å². The third-order valence-electron chi connectivity index (χ3n) is 6.28. The van der Waals surface area contributed by atoms with E-state index >= 15 is 0 Å². The molecule has 1 saturated carbocycles. The van der Waals surface area contributed by atoms with Crippen molar-refractivity contribution in [2.45, 2.75) is 71.0 Å².